The number of thiazole rings is 1. The number of halogens is 4. The summed E-state index contributed by atoms with van der Waals surface area (Å²) in [6.45, 7) is 11.1. The van der Waals surface area contributed by atoms with Crippen molar-refractivity contribution in [1.82, 2.24) is 20.5 Å². The van der Waals surface area contributed by atoms with Crippen LogP contribution in [0.2, 0.25) is 0 Å². The van der Waals surface area contributed by atoms with E-state index in [2.05, 4.69) is 39.4 Å². The van der Waals surface area contributed by atoms with Gasteiger partial charge in [0.05, 0.1) is 6.54 Å². The van der Waals surface area contributed by atoms with Crippen LogP contribution in [0, 0.1) is 0 Å². The summed E-state index contributed by atoms with van der Waals surface area (Å²) in [7, 11) is 0. The minimum absolute atomic E-state index is 0. The van der Waals surface area contributed by atoms with E-state index in [1.54, 1.807) is 0 Å². The van der Waals surface area contributed by atoms with Gasteiger partial charge in [-0.2, -0.15) is 13.2 Å². The van der Waals surface area contributed by atoms with E-state index < -0.39 is 11.9 Å². The molecule has 0 aliphatic heterocycles. The molecule has 5 nitrogen and oxygen atoms in total. The number of aliphatic imine (C=N–C) groups is 1. The van der Waals surface area contributed by atoms with Crippen molar-refractivity contribution in [3.8, 4) is 0 Å². The van der Waals surface area contributed by atoms with Crippen LogP contribution in [0.5, 0.6) is 0 Å². The van der Waals surface area contributed by atoms with Crippen molar-refractivity contribution in [3.05, 3.63) is 16.1 Å². The Bertz CT molecular complexity index is 531. The molecular formula is C17H31F3IN5S. The number of rotatable bonds is 11. The van der Waals surface area contributed by atoms with Crippen molar-refractivity contribution >= 4 is 41.3 Å². The van der Waals surface area contributed by atoms with E-state index in [-0.39, 0.29) is 30.5 Å². The van der Waals surface area contributed by atoms with E-state index in [9.17, 15) is 13.2 Å². The first-order valence-electron chi connectivity index (χ1n) is 9.16. The monoisotopic (exact) mass is 521 g/mol. The van der Waals surface area contributed by atoms with E-state index in [1.165, 1.54) is 0 Å². The van der Waals surface area contributed by atoms with Crippen molar-refractivity contribution in [1.29, 1.82) is 0 Å². The average molecular weight is 521 g/mol. The lowest BCUT2D eigenvalue weighted by atomic mass is 10.3. The van der Waals surface area contributed by atoms with E-state index in [0.29, 0.717) is 17.5 Å². The second-order valence-electron chi connectivity index (χ2n) is 5.94. The third-order valence-electron chi connectivity index (χ3n) is 3.58. The molecule has 2 N–H and O–H groups in total. The van der Waals surface area contributed by atoms with Crippen molar-refractivity contribution in [2.75, 3.05) is 32.7 Å². The lowest BCUT2D eigenvalue weighted by Gasteiger charge is -2.21. The highest BCUT2D eigenvalue weighted by atomic mass is 127. The molecule has 1 aromatic rings. The van der Waals surface area contributed by atoms with Crippen LogP contribution in [-0.4, -0.2) is 48.6 Å². The maximum absolute atomic E-state index is 12.6. The quantitative estimate of drug-likeness (QED) is 0.197. The van der Waals surface area contributed by atoms with E-state index in [0.717, 1.165) is 62.2 Å². The molecule has 0 saturated heterocycles. The van der Waals surface area contributed by atoms with Crippen LogP contribution in [0.1, 0.15) is 50.7 Å². The van der Waals surface area contributed by atoms with Gasteiger partial charge in [0, 0.05) is 18.5 Å². The molecule has 0 aliphatic rings. The van der Waals surface area contributed by atoms with Gasteiger partial charge in [0.2, 0.25) is 0 Å². The molecule has 158 valence electrons. The Morgan fingerprint density at radius 3 is 2.33 bits per heavy atom. The first-order valence-corrected chi connectivity index (χ1v) is 10.0. The van der Waals surface area contributed by atoms with Crippen LogP contribution in [0.4, 0.5) is 13.2 Å². The Hall–Kier alpha value is -0.620. The smallest absolute Gasteiger partial charge is 0.357 e. The van der Waals surface area contributed by atoms with Gasteiger partial charge in [-0.25, -0.2) is 9.98 Å². The Morgan fingerprint density at radius 1 is 1.15 bits per heavy atom. The number of alkyl halides is 3. The third kappa shape index (κ3) is 11.1. The molecule has 0 aliphatic carbocycles. The van der Waals surface area contributed by atoms with Crippen molar-refractivity contribution in [2.45, 2.75) is 52.8 Å². The van der Waals surface area contributed by atoms with E-state index in [4.69, 9.17) is 0 Å². The zero-order valence-electron chi connectivity index (χ0n) is 16.2. The molecule has 1 aromatic heterocycles. The molecule has 0 aromatic carbocycles. The SMILES string of the molecule is CCCN(CCC)CCCNC(=NCc1nc(C(F)(F)F)cs1)NCC.I. The molecule has 0 saturated carbocycles. The average Bonchev–Trinajstić information content (AvgIpc) is 3.06. The minimum atomic E-state index is -4.40. The highest BCUT2D eigenvalue weighted by Gasteiger charge is 2.33. The molecule has 0 radical (unpaired) electrons. The summed E-state index contributed by atoms with van der Waals surface area (Å²) in [5.74, 6) is 0.605. The topological polar surface area (TPSA) is 52.5 Å². The van der Waals surface area contributed by atoms with Crippen molar-refractivity contribution < 1.29 is 13.2 Å². The fraction of sp³-hybridized carbons (Fsp3) is 0.765. The number of nitrogens with one attached hydrogen (secondary N) is 2. The van der Waals surface area contributed by atoms with Crippen molar-refractivity contribution in [3.63, 3.8) is 0 Å². The maximum atomic E-state index is 12.6. The van der Waals surface area contributed by atoms with Gasteiger partial charge >= 0.3 is 6.18 Å². The van der Waals surface area contributed by atoms with Crippen LogP contribution >= 0.6 is 35.3 Å². The zero-order valence-corrected chi connectivity index (χ0v) is 19.4. The fourth-order valence-corrected chi connectivity index (χ4v) is 3.20. The molecule has 0 atom stereocenters. The zero-order chi connectivity index (χ0) is 19.4. The molecule has 1 rings (SSSR count). The summed E-state index contributed by atoms with van der Waals surface area (Å²) in [6, 6.07) is 0. The van der Waals surface area contributed by atoms with Gasteiger partial charge < -0.3 is 15.5 Å². The van der Waals surface area contributed by atoms with Crippen molar-refractivity contribution in [2.24, 2.45) is 4.99 Å². The minimum Gasteiger partial charge on any atom is -0.357 e. The Kier molecular flexibility index (Phi) is 14.1. The van der Waals surface area contributed by atoms with Crippen LogP contribution in [0.15, 0.2) is 10.4 Å². The summed E-state index contributed by atoms with van der Waals surface area (Å²) in [4.78, 5) is 10.4. The summed E-state index contributed by atoms with van der Waals surface area (Å²) < 4.78 is 37.7. The highest BCUT2D eigenvalue weighted by molar-refractivity contribution is 14.0. The number of nitrogens with zero attached hydrogens (tertiary/aromatic N) is 3. The van der Waals surface area contributed by atoms with Crippen LogP contribution in [0.3, 0.4) is 0 Å². The van der Waals surface area contributed by atoms with Gasteiger partial charge in [-0.1, -0.05) is 13.8 Å². The summed E-state index contributed by atoms with van der Waals surface area (Å²) in [6.07, 6.45) is -1.12. The Morgan fingerprint density at radius 2 is 1.81 bits per heavy atom. The van der Waals surface area contributed by atoms with E-state index >= 15 is 0 Å². The lowest BCUT2D eigenvalue weighted by Crippen LogP contribution is -2.39. The van der Waals surface area contributed by atoms with E-state index in [1.807, 2.05) is 6.92 Å². The normalized spacial score (nSPS) is 12.2. The first kappa shape index (κ1) is 26.4. The largest absolute Gasteiger partial charge is 0.434 e. The number of guanidine groups is 1. The highest BCUT2D eigenvalue weighted by Crippen LogP contribution is 2.30. The molecule has 0 bridgehead atoms. The van der Waals surface area contributed by atoms with Gasteiger partial charge in [-0.15, -0.1) is 35.3 Å². The predicted molar refractivity (Wildman–Crippen MR) is 117 cm³/mol. The van der Waals surface area contributed by atoms with Gasteiger partial charge in [0.1, 0.15) is 5.01 Å². The maximum Gasteiger partial charge on any atom is 0.434 e. The number of hydrogen-bond donors (Lipinski definition) is 2. The molecule has 0 fully saturated rings. The van der Waals surface area contributed by atoms with Gasteiger partial charge in [0.15, 0.2) is 11.7 Å². The Balaban J connectivity index is 0.00000676. The Labute approximate surface area is 181 Å². The molecule has 27 heavy (non-hydrogen) atoms. The number of aromatic nitrogens is 1. The second kappa shape index (κ2) is 14.4. The molecule has 0 spiro atoms. The summed E-state index contributed by atoms with van der Waals surface area (Å²) in [5, 5.41) is 7.72. The molecular weight excluding hydrogens is 490 g/mol. The van der Waals surface area contributed by atoms with Crippen LogP contribution in [0.25, 0.3) is 0 Å². The predicted octanol–water partition coefficient (Wildman–Crippen LogP) is 4.35. The molecule has 10 heteroatoms. The first-order chi connectivity index (χ1) is 12.4. The van der Waals surface area contributed by atoms with Gasteiger partial charge in [0.25, 0.3) is 0 Å². The fourth-order valence-electron chi connectivity index (χ4n) is 2.48. The third-order valence-corrected chi connectivity index (χ3v) is 4.42. The number of hydrogen-bond acceptors (Lipinski definition) is 4. The lowest BCUT2D eigenvalue weighted by molar-refractivity contribution is -0.140. The molecule has 0 unspecified atom stereocenters. The van der Waals surface area contributed by atoms with Crippen LogP contribution in [-0.2, 0) is 12.7 Å². The molecule has 0 amide bonds. The van der Waals surface area contributed by atoms with Crippen LogP contribution < -0.4 is 10.6 Å². The van der Waals surface area contributed by atoms with Gasteiger partial charge in [-0.05, 0) is 45.8 Å². The van der Waals surface area contributed by atoms with Gasteiger partial charge in [-0.3, -0.25) is 0 Å². The standard InChI is InChI=1S/C17H30F3N5S.HI/c1-4-9-25(10-5-2)11-7-8-22-16(21-6-3)23-12-15-24-14(13-26-15)17(18,19)20;/h13H,4-12H2,1-3H3,(H2,21,22,23);1H. The molecule has 1 heterocycles. The summed E-state index contributed by atoms with van der Waals surface area (Å²) in [5.41, 5.74) is -0.849. The summed E-state index contributed by atoms with van der Waals surface area (Å²) >= 11 is 0.979. The second-order valence-corrected chi connectivity index (χ2v) is 6.88.